The predicted octanol–water partition coefficient (Wildman–Crippen LogP) is 2.98. The molecule has 0 bridgehead atoms. The summed E-state index contributed by atoms with van der Waals surface area (Å²) in [5.74, 6) is -0.556. The molecule has 0 aromatic heterocycles. The largest absolute Gasteiger partial charge is 0.418 e. The van der Waals surface area contributed by atoms with Gasteiger partial charge in [0, 0.05) is 26.2 Å². The van der Waals surface area contributed by atoms with E-state index in [2.05, 4.69) is 10.3 Å². The van der Waals surface area contributed by atoms with E-state index in [0.29, 0.717) is 12.1 Å². The topological polar surface area (TPSA) is 44.7 Å². The third-order valence-corrected chi connectivity index (χ3v) is 3.01. The van der Waals surface area contributed by atoms with Crippen molar-refractivity contribution >= 4 is 17.9 Å². The first kappa shape index (κ1) is 17.0. The standard InChI is InChI=1S/C14H18F3N3O/c1-5-20(4)8-19-12-6-9(2)10(13(21)18-3)7-11(12)14(15,16)17/h6-8H,5H2,1-4H3,(H,18,21). The summed E-state index contributed by atoms with van der Waals surface area (Å²) in [4.78, 5) is 17.1. The maximum Gasteiger partial charge on any atom is 0.418 e. The third-order valence-electron chi connectivity index (χ3n) is 3.01. The Kier molecular flexibility index (Phi) is 5.34. The van der Waals surface area contributed by atoms with Crippen LogP contribution in [0.4, 0.5) is 18.9 Å². The molecule has 0 aliphatic rings. The first-order chi connectivity index (χ1) is 9.70. The molecule has 0 unspecified atom stereocenters. The summed E-state index contributed by atoms with van der Waals surface area (Å²) in [5, 5.41) is 2.33. The van der Waals surface area contributed by atoms with Gasteiger partial charge in [0.25, 0.3) is 5.91 Å². The first-order valence-electron chi connectivity index (χ1n) is 6.39. The number of halogens is 3. The molecule has 0 saturated heterocycles. The van der Waals surface area contributed by atoms with Crippen LogP contribution in [0, 0.1) is 6.92 Å². The van der Waals surface area contributed by atoms with Crippen molar-refractivity contribution in [3.63, 3.8) is 0 Å². The Hall–Kier alpha value is -2.05. The van der Waals surface area contributed by atoms with Gasteiger partial charge in [-0.25, -0.2) is 4.99 Å². The van der Waals surface area contributed by atoms with E-state index >= 15 is 0 Å². The monoisotopic (exact) mass is 301 g/mol. The summed E-state index contributed by atoms with van der Waals surface area (Å²) < 4.78 is 39.3. The highest BCUT2D eigenvalue weighted by molar-refractivity contribution is 5.96. The maximum absolute atomic E-state index is 13.1. The van der Waals surface area contributed by atoms with Gasteiger partial charge in [0.2, 0.25) is 0 Å². The molecule has 4 nitrogen and oxygen atoms in total. The quantitative estimate of drug-likeness (QED) is 0.686. The van der Waals surface area contributed by atoms with Crippen LogP contribution in [0.5, 0.6) is 0 Å². The van der Waals surface area contributed by atoms with Gasteiger partial charge >= 0.3 is 6.18 Å². The SMILES string of the molecule is CCN(C)C=Nc1cc(C)c(C(=O)NC)cc1C(F)(F)F. The van der Waals surface area contributed by atoms with Gasteiger partial charge in [-0.2, -0.15) is 13.2 Å². The molecule has 0 aliphatic heterocycles. The number of hydrogen-bond donors (Lipinski definition) is 1. The number of aryl methyl sites for hydroxylation is 1. The van der Waals surface area contributed by atoms with Crippen LogP contribution in [0.1, 0.15) is 28.4 Å². The van der Waals surface area contributed by atoms with Crippen LogP contribution in [-0.4, -0.2) is 37.8 Å². The van der Waals surface area contributed by atoms with Crippen LogP contribution in [0.2, 0.25) is 0 Å². The van der Waals surface area contributed by atoms with Crippen molar-refractivity contribution in [2.75, 3.05) is 20.6 Å². The lowest BCUT2D eigenvalue weighted by Gasteiger charge is -2.15. The molecule has 1 rings (SSSR count). The molecule has 1 amide bonds. The first-order valence-corrected chi connectivity index (χ1v) is 6.39. The van der Waals surface area contributed by atoms with Crippen molar-refractivity contribution in [2.24, 2.45) is 4.99 Å². The minimum absolute atomic E-state index is 0.00683. The fourth-order valence-electron chi connectivity index (χ4n) is 1.65. The Labute approximate surface area is 121 Å². The fourth-order valence-corrected chi connectivity index (χ4v) is 1.65. The average Bonchev–Trinajstić information content (AvgIpc) is 2.42. The van der Waals surface area contributed by atoms with Gasteiger partial charge < -0.3 is 10.2 Å². The number of nitrogens with zero attached hydrogens (tertiary/aromatic N) is 2. The van der Waals surface area contributed by atoms with Crippen LogP contribution in [0.25, 0.3) is 0 Å². The van der Waals surface area contributed by atoms with E-state index in [1.54, 1.807) is 18.9 Å². The van der Waals surface area contributed by atoms with Crippen molar-refractivity contribution in [3.05, 3.63) is 28.8 Å². The number of rotatable bonds is 4. The zero-order valence-corrected chi connectivity index (χ0v) is 12.4. The second kappa shape index (κ2) is 6.60. The summed E-state index contributed by atoms with van der Waals surface area (Å²) >= 11 is 0. The van der Waals surface area contributed by atoms with Gasteiger partial charge in [-0.3, -0.25) is 4.79 Å². The molecular formula is C14H18F3N3O. The number of benzene rings is 1. The van der Waals surface area contributed by atoms with E-state index in [-0.39, 0.29) is 11.3 Å². The molecule has 116 valence electrons. The Morgan fingerprint density at radius 1 is 1.43 bits per heavy atom. The number of carbonyl (C=O) groups is 1. The fraction of sp³-hybridized carbons (Fsp3) is 0.429. The lowest BCUT2D eigenvalue weighted by molar-refractivity contribution is -0.137. The minimum Gasteiger partial charge on any atom is -0.366 e. The summed E-state index contributed by atoms with van der Waals surface area (Å²) in [7, 11) is 3.08. The molecule has 0 radical (unpaired) electrons. The number of carbonyl (C=O) groups excluding carboxylic acids is 1. The summed E-state index contributed by atoms with van der Waals surface area (Å²) in [5.41, 5.74) is -0.693. The Morgan fingerprint density at radius 3 is 2.52 bits per heavy atom. The highest BCUT2D eigenvalue weighted by Crippen LogP contribution is 2.38. The number of amides is 1. The molecule has 7 heteroatoms. The molecule has 0 atom stereocenters. The molecule has 21 heavy (non-hydrogen) atoms. The molecule has 0 saturated carbocycles. The van der Waals surface area contributed by atoms with Crippen molar-refractivity contribution in [3.8, 4) is 0 Å². The van der Waals surface area contributed by atoms with Crippen molar-refractivity contribution in [1.82, 2.24) is 10.2 Å². The summed E-state index contributed by atoms with van der Waals surface area (Å²) in [6, 6.07) is 2.11. The van der Waals surface area contributed by atoms with Crippen LogP contribution in [0.3, 0.4) is 0 Å². The molecule has 0 aliphatic carbocycles. The number of aliphatic imine (C=N–C) groups is 1. The maximum atomic E-state index is 13.1. The highest BCUT2D eigenvalue weighted by Gasteiger charge is 2.34. The highest BCUT2D eigenvalue weighted by atomic mass is 19.4. The number of nitrogens with one attached hydrogen (secondary N) is 1. The van der Waals surface area contributed by atoms with Gasteiger partial charge in [-0.1, -0.05) is 0 Å². The van der Waals surface area contributed by atoms with Crippen LogP contribution in [-0.2, 0) is 6.18 Å². The molecule has 0 fully saturated rings. The molecular weight excluding hydrogens is 283 g/mol. The smallest absolute Gasteiger partial charge is 0.366 e. The van der Waals surface area contributed by atoms with Crippen LogP contribution < -0.4 is 5.32 Å². The van der Waals surface area contributed by atoms with Crippen molar-refractivity contribution in [2.45, 2.75) is 20.0 Å². The second-order valence-electron chi connectivity index (χ2n) is 4.58. The van der Waals surface area contributed by atoms with E-state index in [1.807, 2.05) is 6.92 Å². The van der Waals surface area contributed by atoms with E-state index < -0.39 is 17.6 Å². The summed E-state index contributed by atoms with van der Waals surface area (Å²) in [6.45, 7) is 4.06. The summed E-state index contributed by atoms with van der Waals surface area (Å²) in [6.07, 6.45) is -3.24. The minimum atomic E-state index is -4.58. The zero-order valence-electron chi connectivity index (χ0n) is 12.4. The lowest BCUT2D eigenvalue weighted by atomic mass is 10.0. The van der Waals surface area contributed by atoms with E-state index in [4.69, 9.17) is 0 Å². The van der Waals surface area contributed by atoms with Gasteiger partial charge in [0.1, 0.15) is 0 Å². The molecule has 0 spiro atoms. The van der Waals surface area contributed by atoms with Crippen molar-refractivity contribution in [1.29, 1.82) is 0 Å². The predicted molar refractivity (Wildman–Crippen MR) is 76.0 cm³/mol. The van der Waals surface area contributed by atoms with E-state index in [9.17, 15) is 18.0 Å². The molecule has 1 N–H and O–H groups in total. The second-order valence-corrected chi connectivity index (χ2v) is 4.58. The van der Waals surface area contributed by atoms with E-state index in [1.165, 1.54) is 19.5 Å². The molecule has 1 aromatic carbocycles. The van der Waals surface area contributed by atoms with Gasteiger partial charge in [0.15, 0.2) is 0 Å². The van der Waals surface area contributed by atoms with Crippen molar-refractivity contribution < 1.29 is 18.0 Å². The Bertz CT molecular complexity index is 553. The molecule has 1 aromatic rings. The van der Waals surface area contributed by atoms with E-state index in [0.717, 1.165) is 6.07 Å². The Morgan fingerprint density at radius 2 is 2.05 bits per heavy atom. The zero-order chi connectivity index (χ0) is 16.2. The number of hydrogen-bond acceptors (Lipinski definition) is 2. The van der Waals surface area contributed by atoms with Crippen LogP contribution >= 0.6 is 0 Å². The Balaban J connectivity index is 3.40. The average molecular weight is 301 g/mol. The van der Waals surface area contributed by atoms with Gasteiger partial charge in [0.05, 0.1) is 17.6 Å². The van der Waals surface area contributed by atoms with Crippen LogP contribution in [0.15, 0.2) is 17.1 Å². The normalized spacial score (nSPS) is 11.8. The lowest BCUT2D eigenvalue weighted by Crippen LogP contribution is -2.20. The molecule has 0 heterocycles. The van der Waals surface area contributed by atoms with Gasteiger partial charge in [-0.05, 0) is 31.5 Å². The van der Waals surface area contributed by atoms with Gasteiger partial charge in [-0.15, -0.1) is 0 Å². The number of alkyl halides is 3. The third kappa shape index (κ3) is 4.21.